The molecule has 6 nitrogen and oxygen atoms in total. The highest BCUT2D eigenvalue weighted by molar-refractivity contribution is 5.90. The summed E-state index contributed by atoms with van der Waals surface area (Å²) in [6.07, 6.45) is 0.240. The zero-order chi connectivity index (χ0) is 17.1. The van der Waals surface area contributed by atoms with Crippen LogP contribution in [0.15, 0.2) is 18.2 Å². The van der Waals surface area contributed by atoms with E-state index in [0.717, 1.165) is 5.56 Å². The first kappa shape index (κ1) is 17.1. The van der Waals surface area contributed by atoms with E-state index in [1.54, 1.807) is 38.1 Å². The van der Waals surface area contributed by atoms with Gasteiger partial charge in [-0.05, 0) is 24.6 Å². The number of ether oxygens (including phenoxy) is 2. The second-order valence-electron chi connectivity index (χ2n) is 5.78. The van der Waals surface area contributed by atoms with Gasteiger partial charge >= 0.3 is 0 Å². The molecule has 0 aromatic heterocycles. The van der Waals surface area contributed by atoms with Crippen molar-refractivity contribution in [3.8, 4) is 11.5 Å². The molecule has 0 spiro atoms. The van der Waals surface area contributed by atoms with E-state index in [9.17, 15) is 9.59 Å². The number of likely N-dealkylation sites (tertiary alicyclic amines) is 1. The van der Waals surface area contributed by atoms with Gasteiger partial charge in [0.1, 0.15) is 0 Å². The molecule has 0 unspecified atom stereocenters. The quantitative estimate of drug-likeness (QED) is 0.828. The molecule has 1 aromatic rings. The van der Waals surface area contributed by atoms with Crippen LogP contribution < -0.4 is 9.47 Å². The number of carbonyl (C=O) groups excluding carboxylic acids is 2. The number of methoxy groups -OCH3 is 2. The Morgan fingerprint density at radius 2 is 1.91 bits per heavy atom. The maximum Gasteiger partial charge on any atom is 0.228 e. The van der Waals surface area contributed by atoms with Crippen molar-refractivity contribution in [3.63, 3.8) is 0 Å². The van der Waals surface area contributed by atoms with E-state index in [1.165, 1.54) is 0 Å². The lowest BCUT2D eigenvalue weighted by Gasteiger charge is -2.29. The molecule has 2 amide bonds. The lowest BCUT2D eigenvalue weighted by Crippen LogP contribution is -2.35. The molecule has 0 N–H and O–H groups in total. The fourth-order valence-electron chi connectivity index (χ4n) is 3.17. The number of rotatable bonds is 5. The number of nitrogens with zero attached hydrogens (tertiary/aromatic N) is 2. The average Bonchev–Trinajstić information content (AvgIpc) is 2.89. The van der Waals surface area contributed by atoms with Gasteiger partial charge in [-0.25, -0.2) is 0 Å². The molecule has 0 aliphatic carbocycles. The van der Waals surface area contributed by atoms with Gasteiger partial charge in [-0.1, -0.05) is 6.07 Å². The van der Waals surface area contributed by atoms with E-state index in [-0.39, 0.29) is 30.2 Å². The van der Waals surface area contributed by atoms with Gasteiger partial charge in [0.25, 0.3) is 0 Å². The van der Waals surface area contributed by atoms with Gasteiger partial charge in [-0.2, -0.15) is 0 Å². The average molecular weight is 320 g/mol. The van der Waals surface area contributed by atoms with Crippen molar-refractivity contribution in [1.82, 2.24) is 9.80 Å². The largest absolute Gasteiger partial charge is 0.493 e. The van der Waals surface area contributed by atoms with Gasteiger partial charge in [0, 0.05) is 27.1 Å². The van der Waals surface area contributed by atoms with Gasteiger partial charge in [0.2, 0.25) is 11.8 Å². The molecule has 1 aromatic carbocycles. The number of benzene rings is 1. The van der Waals surface area contributed by atoms with Gasteiger partial charge in [-0.3, -0.25) is 9.59 Å². The molecule has 0 radical (unpaired) electrons. The normalized spacial score (nSPS) is 20.6. The fourth-order valence-corrected chi connectivity index (χ4v) is 3.17. The minimum Gasteiger partial charge on any atom is -0.493 e. The highest BCUT2D eigenvalue weighted by Gasteiger charge is 2.44. The van der Waals surface area contributed by atoms with Crippen LogP contribution >= 0.6 is 0 Å². The molecule has 2 rings (SSSR count). The van der Waals surface area contributed by atoms with Crippen molar-refractivity contribution >= 4 is 11.8 Å². The van der Waals surface area contributed by atoms with E-state index >= 15 is 0 Å². The molecule has 1 heterocycles. The summed E-state index contributed by atoms with van der Waals surface area (Å²) < 4.78 is 10.6. The van der Waals surface area contributed by atoms with E-state index in [0.29, 0.717) is 18.0 Å². The summed E-state index contributed by atoms with van der Waals surface area (Å²) in [6, 6.07) is 5.27. The van der Waals surface area contributed by atoms with Gasteiger partial charge in [-0.15, -0.1) is 0 Å². The Morgan fingerprint density at radius 3 is 2.43 bits per heavy atom. The lowest BCUT2D eigenvalue weighted by molar-refractivity contribution is -0.134. The van der Waals surface area contributed by atoms with Crippen LogP contribution in [0.2, 0.25) is 0 Å². The SMILES string of the molecule is CCN1C(=O)C[C@@H](C(=O)N(C)C)[C@@H]1c1ccc(OC)c(OC)c1. The molecule has 0 bridgehead atoms. The Labute approximate surface area is 137 Å². The number of amides is 2. The first-order valence-corrected chi connectivity index (χ1v) is 7.67. The second kappa shape index (κ2) is 6.89. The molecular weight excluding hydrogens is 296 g/mol. The Balaban J connectivity index is 2.46. The van der Waals surface area contributed by atoms with Crippen LogP contribution in [0.3, 0.4) is 0 Å². The predicted octanol–water partition coefficient (Wildman–Crippen LogP) is 1.70. The predicted molar refractivity (Wildman–Crippen MR) is 86.5 cm³/mol. The number of hydrogen-bond acceptors (Lipinski definition) is 4. The Hall–Kier alpha value is -2.24. The molecule has 6 heteroatoms. The zero-order valence-corrected chi connectivity index (χ0v) is 14.3. The standard InChI is InChI=1S/C17H24N2O4/c1-6-19-15(20)10-12(17(21)18(2)3)16(19)11-7-8-13(22-4)14(9-11)23-5/h7-9,12,16H,6,10H2,1-5H3/t12-,16+/m1/s1. The van der Waals surface area contributed by atoms with Gasteiger partial charge in [0.15, 0.2) is 11.5 Å². The summed E-state index contributed by atoms with van der Waals surface area (Å²) in [4.78, 5) is 28.1. The molecule has 2 atom stereocenters. The molecule has 0 saturated carbocycles. The Bertz CT molecular complexity index is 600. The molecule has 1 aliphatic rings. The first-order valence-electron chi connectivity index (χ1n) is 7.67. The summed E-state index contributed by atoms with van der Waals surface area (Å²) in [7, 11) is 6.58. The van der Waals surface area contributed by atoms with Crippen molar-refractivity contribution in [2.45, 2.75) is 19.4 Å². The smallest absolute Gasteiger partial charge is 0.228 e. The van der Waals surface area contributed by atoms with Crippen molar-refractivity contribution in [2.75, 3.05) is 34.9 Å². The zero-order valence-electron chi connectivity index (χ0n) is 14.3. The van der Waals surface area contributed by atoms with Crippen molar-refractivity contribution in [1.29, 1.82) is 0 Å². The summed E-state index contributed by atoms with van der Waals surface area (Å²) in [5.41, 5.74) is 0.885. The van der Waals surface area contributed by atoms with E-state index in [1.807, 2.05) is 25.1 Å². The molecule has 1 aliphatic heterocycles. The van der Waals surface area contributed by atoms with Crippen LogP contribution in [0.25, 0.3) is 0 Å². The third kappa shape index (κ3) is 3.11. The third-order valence-electron chi connectivity index (χ3n) is 4.28. The minimum atomic E-state index is -0.379. The van der Waals surface area contributed by atoms with Crippen LogP contribution in [-0.2, 0) is 9.59 Å². The van der Waals surface area contributed by atoms with Crippen LogP contribution in [0.1, 0.15) is 24.9 Å². The first-order chi connectivity index (χ1) is 10.9. The monoisotopic (exact) mass is 320 g/mol. The summed E-state index contributed by atoms with van der Waals surface area (Å²) >= 11 is 0. The van der Waals surface area contributed by atoms with E-state index in [4.69, 9.17) is 9.47 Å². The maximum atomic E-state index is 12.5. The summed E-state index contributed by atoms with van der Waals surface area (Å²) in [5.74, 6) is 0.813. The van der Waals surface area contributed by atoms with Crippen molar-refractivity contribution < 1.29 is 19.1 Å². The Kier molecular flexibility index (Phi) is 5.13. The summed E-state index contributed by atoms with van der Waals surface area (Å²) in [6.45, 7) is 2.49. The molecule has 23 heavy (non-hydrogen) atoms. The van der Waals surface area contributed by atoms with E-state index < -0.39 is 0 Å². The van der Waals surface area contributed by atoms with Crippen molar-refractivity contribution in [2.24, 2.45) is 5.92 Å². The molecule has 126 valence electrons. The summed E-state index contributed by atoms with van der Waals surface area (Å²) in [5, 5.41) is 0. The molecule has 1 fully saturated rings. The second-order valence-corrected chi connectivity index (χ2v) is 5.78. The topological polar surface area (TPSA) is 59.1 Å². The van der Waals surface area contributed by atoms with Crippen LogP contribution in [0.5, 0.6) is 11.5 Å². The number of carbonyl (C=O) groups is 2. The molecular formula is C17H24N2O4. The van der Waals surface area contributed by atoms with E-state index in [2.05, 4.69) is 0 Å². The lowest BCUT2D eigenvalue weighted by atomic mass is 9.92. The number of hydrogen-bond donors (Lipinski definition) is 0. The highest BCUT2D eigenvalue weighted by Crippen LogP contribution is 2.41. The van der Waals surface area contributed by atoms with Crippen LogP contribution in [-0.4, -0.2) is 56.5 Å². The van der Waals surface area contributed by atoms with Crippen molar-refractivity contribution in [3.05, 3.63) is 23.8 Å². The van der Waals surface area contributed by atoms with Gasteiger partial charge < -0.3 is 19.3 Å². The fraction of sp³-hybridized carbons (Fsp3) is 0.529. The third-order valence-corrected chi connectivity index (χ3v) is 4.28. The van der Waals surface area contributed by atoms with Crippen LogP contribution in [0.4, 0.5) is 0 Å². The molecule has 1 saturated heterocycles. The highest BCUT2D eigenvalue weighted by atomic mass is 16.5. The van der Waals surface area contributed by atoms with Gasteiger partial charge in [0.05, 0.1) is 26.2 Å². The minimum absolute atomic E-state index is 0.00693. The Morgan fingerprint density at radius 1 is 1.26 bits per heavy atom. The van der Waals surface area contributed by atoms with Crippen LogP contribution in [0, 0.1) is 5.92 Å². The maximum absolute atomic E-state index is 12.5.